The number of rotatable bonds is 3. The van der Waals surface area contributed by atoms with Gasteiger partial charge in [-0.15, -0.1) is 0 Å². The van der Waals surface area contributed by atoms with Crippen LogP contribution in [0.2, 0.25) is 0 Å². The van der Waals surface area contributed by atoms with Gasteiger partial charge in [0.2, 0.25) is 0 Å². The summed E-state index contributed by atoms with van der Waals surface area (Å²) in [5, 5.41) is 8.34. The molecule has 2 aliphatic rings. The summed E-state index contributed by atoms with van der Waals surface area (Å²) in [4.78, 5) is 0. The number of nitrogens with zero attached hydrogens (tertiary/aromatic N) is 2. The van der Waals surface area contributed by atoms with Crippen LogP contribution in [0.3, 0.4) is 0 Å². The zero-order chi connectivity index (χ0) is 15.5. The molecule has 2 bridgehead atoms. The number of fused-ring (bicyclic) bond motifs is 2. The first-order valence-electron chi connectivity index (χ1n) is 8.42. The van der Waals surface area contributed by atoms with E-state index in [1.165, 1.54) is 24.8 Å². The van der Waals surface area contributed by atoms with Crippen molar-refractivity contribution >= 4 is 0 Å². The SMILES string of the molecule is CC(C)(C)n1cc(CNC2CC3CCC2(C)C3(C)C)cn1. The summed E-state index contributed by atoms with van der Waals surface area (Å²) in [5.74, 6) is 0.900. The maximum atomic E-state index is 4.50. The van der Waals surface area contributed by atoms with E-state index in [1.807, 2.05) is 6.20 Å². The normalized spacial score (nSPS) is 34.6. The minimum atomic E-state index is 0.0681. The molecular weight excluding hydrogens is 258 g/mol. The minimum absolute atomic E-state index is 0.0681. The average Bonchev–Trinajstić information content (AvgIpc) is 2.97. The molecule has 1 N–H and O–H groups in total. The predicted molar refractivity (Wildman–Crippen MR) is 87.1 cm³/mol. The molecule has 3 rings (SSSR count). The van der Waals surface area contributed by atoms with Gasteiger partial charge >= 0.3 is 0 Å². The van der Waals surface area contributed by atoms with Crippen molar-refractivity contribution in [2.45, 2.75) is 78.9 Å². The van der Waals surface area contributed by atoms with Crippen molar-refractivity contribution in [3.05, 3.63) is 18.0 Å². The Kier molecular flexibility index (Phi) is 3.29. The Morgan fingerprint density at radius 3 is 2.52 bits per heavy atom. The predicted octanol–water partition coefficient (Wildman–Crippen LogP) is 3.94. The highest BCUT2D eigenvalue weighted by atomic mass is 15.3. The van der Waals surface area contributed by atoms with E-state index in [2.05, 4.69) is 62.8 Å². The molecule has 0 aromatic carbocycles. The fraction of sp³-hybridized carbons (Fsp3) is 0.833. The Labute approximate surface area is 129 Å². The van der Waals surface area contributed by atoms with Crippen LogP contribution in [-0.4, -0.2) is 15.8 Å². The molecule has 21 heavy (non-hydrogen) atoms. The Morgan fingerprint density at radius 2 is 2.05 bits per heavy atom. The summed E-state index contributed by atoms with van der Waals surface area (Å²) >= 11 is 0. The summed E-state index contributed by atoms with van der Waals surface area (Å²) < 4.78 is 2.07. The van der Waals surface area contributed by atoms with E-state index in [9.17, 15) is 0 Å². The maximum absolute atomic E-state index is 4.50. The van der Waals surface area contributed by atoms with Gasteiger partial charge in [0.1, 0.15) is 0 Å². The van der Waals surface area contributed by atoms with Crippen molar-refractivity contribution in [3.8, 4) is 0 Å². The molecule has 0 spiro atoms. The van der Waals surface area contributed by atoms with Crippen molar-refractivity contribution in [2.24, 2.45) is 16.7 Å². The van der Waals surface area contributed by atoms with Gasteiger partial charge in [-0.2, -0.15) is 5.10 Å². The van der Waals surface area contributed by atoms with Gasteiger partial charge in [-0.05, 0) is 56.8 Å². The van der Waals surface area contributed by atoms with Gasteiger partial charge < -0.3 is 5.32 Å². The van der Waals surface area contributed by atoms with Crippen LogP contribution >= 0.6 is 0 Å². The maximum Gasteiger partial charge on any atom is 0.0543 e. The lowest BCUT2D eigenvalue weighted by Crippen LogP contribution is -2.44. The summed E-state index contributed by atoms with van der Waals surface area (Å²) in [5.41, 5.74) is 2.31. The molecular formula is C18H31N3. The second-order valence-corrected chi connectivity index (χ2v) is 9.01. The van der Waals surface area contributed by atoms with E-state index in [4.69, 9.17) is 0 Å². The van der Waals surface area contributed by atoms with Crippen molar-refractivity contribution < 1.29 is 0 Å². The van der Waals surface area contributed by atoms with Crippen molar-refractivity contribution in [1.29, 1.82) is 0 Å². The number of nitrogens with one attached hydrogen (secondary N) is 1. The van der Waals surface area contributed by atoms with Crippen LogP contribution in [0.25, 0.3) is 0 Å². The summed E-state index contributed by atoms with van der Waals surface area (Å²) in [6.45, 7) is 15.0. The standard InChI is InChI=1S/C18H31N3/c1-16(2,3)21-12-13(11-20-21)10-19-15-9-14-7-8-18(15,6)17(14,4)5/h11-12,14-15,19H,7-10H2,1-6H3. The Hall–Kier alpha value is -0.830. The van der Waals surface area contributed by atoms with Gasteiger partial charge in [-0.25, -0.2) is 0 Å². The number of hydrogen-bond donors (Lipinski definition) is 1. The van der Waals surface area contributed by atoms with Gasteiger partial charge in [0.05, 0.1) is 11.7 Å². The monoisotopic (exact) mass is 289 g/mol. The van der Waals surface area contributed by atoms with E-state index >= 15 is 0 Å². The average molecular weight is 289 g/mol. The number of aromatic nitrogens is 2. The lowest BCUT2D eigenvalue weighted by Gasteiger charge is -2.39. The highest BCUT2D eigenvalue weighted by Crippen LogP contribution is 2.65. The summed E-state index contributed by atoms with van der Waals surface area (Å²) in [6, 6.07) is 0.657. The highest BCUT2D eigenvalue weighted by Gasteiger charge is 2.60. The third kappa shape index (κ3) is 2.25. The fourth-order valence-corrected chi connectivity index (χ4v) is 4.57. The topological polar surface area (TPSA) is 29.9 Å². The molecule has 3 heteroatoms. The molecule has 2 saturated carbocycles. The fourth-order valence-electron chi connectivity index (χ4n) is 4.57. The van der Waals surface area contributed by atoms with Gasteiger partial charge in [0.25, 0.3) is 0 Å². The first-order valence-corrected chi connectivity index (χ1v) is 8.42. The second kappa shape index (κ2) is 4.58. The molecule has 0 amide bonds. The van der Waals surface area contributed by atoms with Crippen LogP contribution in [0.1, 0.15) is 66.4 Å². The van der Waals surface area contributed by atoms with E-state index in [-0.39, 0.29) is 5.54 Å². The molecule has 3 atom stereocenters. The molecule has 0 aliphatic heterocycles. The van der Waals surface area contributed by atoms with Crippen LogP contribution in [-0.2, 0) is 12.1 Å². The van der Waals surface area contributed by atoms with Gasteiger partial charge in [-0.3, -0.25) is 4.68 Å². The Bertz CT molecular complexity index is 523. The zero-order valence-electron chi connectivity index (χ0n) is 14.5. The van der Waals surface area contributed by atoms with Gasteiger partial charge in [0.15, 0.2) is 0 Å². The second-order valence-electron chi connectivity index (χ2n) is 9.01. The lowest BCUT2D eigenvalue weighted by molar-refractivity contribution is 0.120. The molecule has 1 heterocycles. The van der Waals surface area contributed by atoms with Crippen molar-refractivity contribution in [2.75, 3.05) is 0 Å². The third-order valence-electron chi connectivity index (χ3n) is 6.67. The molecule has 1 aromatic rings. The van der Waals surface area contributed by atoms with Crippen LogP contribution < -0.4 is 5.32 Å². The lowest BCUT2D eigenvalue weighted by atomic mass is 9.69. The Morgan fingerprint density at radius 1 is 1.33 bits per heavy atom. The molecule has 3 unspecified atom stereocenters. The van der Waals surface area contributed by atoms with Crippen molar-refractivity contribution in [1.82, 2.24) is 15.1 Å². The quantitative estimate of drug-likeness (QED) is 0.913. The first kappa shape index (κ1) is 15.1. The van der Waals surface area contributed by atoms with Crippen LogP contribution in [0.5, 0.6) is 0 Å². The van der Waals surface area contributed by atoms with E-state index < -0.39 is 0 Å². The molecule has 118 valence electrons. The smallest absolute Gasteiger partial charge is 0.0543 e. The van der Waals surface area contributed by atoms with Gasteiger partial charge in [-0.1, -0.05) is 20.8 Å². The molecule has 2 fully saturated rings. The molecule has 0 radical (unpaired) electrons. The zero-order valence-corrected chi connectivity index (χ0v) is 14.5. The van der Waals surface area contributed by atoms with Crippen LogP contribution in [0, 0.1) is 16.7 Å². The molecule has 2 aliphatic carbocycles. The number of hydrogen-bond acceptors (Lipinski definition) is 2. The van der Waals surface area contributed by atoms with Crippen LogP contribution in [0.4, 0.5) is 0 Å². The largest absolute Gasteiger partial charge is 0.309 e. The molecule has 0 saturated heterocycles. The first-order chi connectivity index (χ1) is 9.64. The Balaban J connectivity index is 1.66. The van der Waals surface area contributed by atoms with Crippen molar-refractivity contribution in [3.63, 3.8) is 0 Å². The molecule has 3 nitrogen and oxygen atoms in total. The summed E-state index contributed by atoms with van der Waals surface area (Å²) in [7, 11) is 0. The third-order valence-corrected chi connectivity index (χ3v) is 6.67. The minimum Gasteiger partial charge on any atom is -0.309 e. The molecule has 1 aromatic heterocycles. The van der Waals surface area contributed by atoms with Crippen LogP contribution in [0.15, 0.2) is 12.4 Å². The van der Waals surface area contributed by atoms with E-state index in [0.29, 0.717) is 16.9 Å². The van der Waals surface area contributed by atoms with Gasteiger partial charge in [0, 0.05) is 24.3 Å². The van der Waals surface area contributed by atoms with E-state index in [1.54, 1.807) is 0 Å². The highest BCUT2D eigenvalue weighted by molar-refractivity contribution is 5.14. The van der Waals surface area contributed by atoms with E-state index in [0.717, 1.165) is 12.5 Å². The summed E-state index contributed by atoms with van der Waals surface area (Å²) in [6.07, 6.45) is 8.34.